The molecular formula is C14H26O2. The fourth-order valence-electron chi connectivity index (χ4n) is 2.98. The van der Waals surface area contributed by atoms with Crippen molar-refractivity contribution in [3.05, 3.63) is 0 Å². The Labute approximate surface area is 99.7 Å². The van der Waals surface area contributed by atoms with Gasteiger partial charge in [-0.15, -0.1) is 0 Å². The van der Waals surface area contributed by atoms with E-state index in [0.29, 0.717) is 24.0 Å². The SMILES string of the molecule is CC(C)(C)C1COC2C1OCC2C(C)(C)C. The molecule has 16 heavy (non-hydrogen) atoms. The van der Waals surface area contributed by atoms with E-state index in [1.165, 1.54) is 0 Å². The molecular weight excluding hydrogens is 200 g/mol. The van der Waals surface area contributed by atoms with Gasteiger partial charge in [0.25, 0.3) is 0 Å². The first-order valence-electron chi connectivity index (χ1n) is 6.44. The monoisotopic (exact) mass is 226 g/mol. The second-order valence-corrected chi connectivity index (χ2v) is 7.54. The summed E-state index contributed by atoms with van der Waals surface area (Å²) in [6.07, 6.45) is 0.647. The molecule has 0 saturated carbocycles. The van der Waals surface area contributed by atoms with E-state index in [-0.39, 0.29) is 10.8 Å². The van der Waals surface area contributed by atoms with Gasteiger partial charge in [0.05, 0.1) is 25.4 Å². The summed E-state index contributed by atoms with van der Waals surface area (Å²) in [5.41, 5.74) is 0.568. The van der Waals surface area contributed by atoms with Crippen molar-refractivity contribution in [1.29, 1.82) is 0 Å². The minimum absolute atomic E-state index is 0.284. The van der Waals surface area contributed by atoms with Crippen molar-refractivity contribution in [3.63, 3.8) is 0 Å². The summed E-state index contributed by atoms with van der Waals surface area (Å²) in [5.74, 6) is 1.09. The van der Waals surface area contributed by atoms with Crippen molar-refractivity contribution in [1.82, 2.24) is 0 Å². The molecule has 0 amide bonds. The van der Waals surface area contributed by atoms with Crippen molar-refractivity contribution >= 4 is 0 Å². The fourth-order valence-corrected chi connectivity index (χ4v) is 2.98. The molecule has 0 radical (unpaired) electrons. The van der Waals surface area contributed by atoms with Crippen LogP contribution in [0.5, 0.6) is 0 Å². The topological polar surface area (TPSA) is 18.5 Å². The summed E-state index contributed by atoms with van der Waals surface area (Å²) < 4.78 is 12.1. The molecule has 94 valence electrons. The van der Waals surface area contributed by atoms with Crippen LogP contribution in [0.3, 0.4) is 0 Å². The zero-order valence-corrected chi connectivity index (χ0v) is 11.5. The van der Waals surface area contributed by atoms with E-state index in [4.69, 9.17) is 9.47 Å². The molecule has 0 aromatic heterocycles. The number of ether oxygens (including phenoxy) is 2. The highest BCUT2D eigenvalue weighted by Gasteiger charge is 2.53. The molecule has 4 unspecified atom stereocenters. The normalized spacial score (nSPS) is 40.1. The van der Waals surface area contributed by atoms with Gasteiger partial charge in [-0.2, -0.15) is 0 Å². The van der Waals surface area contributed by atoms with Crippen molar-refractivity contribution in [2.24, 2.45) is 22.7 Å². The third kappa shape index (κ3) is 2.02. The van der Waals surface area contributed by atoms with Gasteiger partial charge in [0, 0.05) is 11.8 Å². The van der Waals surface area contributed by atoms with Crippen LogP contribution in [0, 0.1) is 22.7 Å². The Morgan fingerprint density at radius 3 is 1.25 bits per heavy atom. The van der Waals surface area contributed by atoms with Gasteiger partial charge >= 0.3 is 0 Å². The molecule has 2 rings (SSSR count). The Morgan fingerprint density at radius 2 is 1.00 bits per heavy atom. The smallest absolute Gasteiger partial charge is 0.0895 e. The zero-order valence-electron chi connectivity index (χ0n) is 11.5. The quantitative estimate of drug-likeness (QED) is 0.632. The summed E-state index contributed by atoms with van der Waals surface area (Å²) in [7, 11) is 0. The van der Waals surface area contributed by atoms with Crippen LogP contribution in [0.1, 0.15) is 41.5 Å². The molecule has 4 atom stereocenters. The van der Waals surface area contributed by atoms with Crippen molar-refractivity contribution < 1.29 is 9.47 Å². The van der Waals surface area contributed by atoms with Gasteiger partial charge in [0.2, 0.25) is 0 Å². The Bertz CT molecular complexity index is 231. The van der Waals surface area contributed by atoms with Gasteiger partial charge < -0.3 is 9.47 Å². The second kappa shape index (κ2) is 3.71. The molecule has 0 bridgehead atoms. The van der Waals surface area contributed by atoms with Crippen LogP contribution in [0.4, 0.5) is 0 Å². The third-order valence-electron chi connectivity index (χ3n) is 4.28. The van der Waals surface area contributed by atoms with Crippen LogP contribution in [0.15, 0.2) is 0 Å². The average molecular weight is 226 g/mol. The second-order valence-electron chi connectivity index (χ2n) is 7.54. The lowest BCUT2D eigenvalue weighted by Crippen LogP contribution is -2.36. The Hall–Kier alpha value is -0.0800. The van der Waals surface area contributed by atoms with Gasteiger partial charge in [0.1, 0.15) is 0 Å². The molecule has 2 aliphatic rings. The maximum Gasteiger partial charge on any atom is 0.0895 e. The molecule has 0 aromatic carbocycles. The Morgan fingerprint density at radius 1 is 0.688 bits per heavy atom. The van der Waals surface area contributed by atoms with Gasteiger partial charge in [-0.05, 0) is 10.8 Å². The maximum atomic E-state index is 6.03. The summed E-state index contributed by atoms with van der Waals surface area (Å²) in [6.45, 7) is 15.5. The Kier molecular flexibility index (Phi) is 2.87. The van der Waals surface area contributed by atoms with Crippen LogP contribution >= 0.6 is 0 Å². The molecule has 0 spiro atoms. The molecule has 0 N–H and O–H groups in total. The molecule has 0 aliphatic carbocycles. The van der Waals surface area contributed by atoms with E-state index < -0.39 is 0 Å². The highest BCUT2D eigenvalue weighted by Crippen LogP contribution is 2.47. The molecule has 2 nitrogen and oxygen atoms in total. The first kappa shape index (κ1) is 12.4. The van der Waals surface area contributed by atoms with Gasteiger partial charge in [-0.1, -0.05) is 41.5 Å². The molecule has 0 aromatic rings. The van der Waals surface area contributed by atoms with Gasteiger partial charge in [-0.25, -0.2) is 0 Å². The molecule has 2 aliphatic heterocycles. The van der Waals surface area contributed by atoms with E-state index in [1.807, 2.05) is 0 Å². The number of hydrogen-bond acceptors (Lipinski definition) is 2. The van der Waals surface area contributed by atoms with Crippen LogP contribution in [-0.2, 0) is 9.47 Å². The van der Waals surface area contributed by atoms with Gasteiger partial charge in [-0.3, -0.25) is 0 Å². The summed E-state index contributed by atoms with van der Waals surface area (Å²) in [6, 6.07) is 0. The van der Waals surface area contributed by atoms with E-state index in [0.717, 1.165) is 13.2 Å². The third-order valence-corrected chi connectivity index (χ3v) is 4.28. The van der Waals surface area contributed by atoms with Crippen molar-refractivity contribution in [3.8, 4) is 0 Å². The lowest BCUT2D eigenvalue weighted by Gasteiger charge is -2.30. The summed E-state index contributed by atoms with van der Waals surface area (Å²) >= 11 is 0. The molecule has 2 fully saturated rings. The van der Waals surface area contributed by atoms with E-state index in [1.54, 1.807) is 0 Å². The molecule has 2 heteroatoms. The number of rotatable bonds is 0. The van der Waals surface area contributed by atoms with Crippen molar-refractivity contribution in [2.75, 3.05) is 13.2 Å². The summed E-state index contributed by atoms with van der Waals surface area (Å²) in [5, 5.41) is 0. The number of fused-ring (bicyclic) bond motifs is 1. The van der Waals surface area contributed by atoms with Crippen LogP contribution in [-0.4, -0.2) is 25.4 Å². The van der Waals surface area contributed by atoms with Crippen LogP contribution in [0.2, 0.25) is 0 Å². The standard InChI is InChI=1S/C14H26O2/c1-13(2,3)9-7-15-12-10(14(4,5)6)8-16-11(9)12/h9-12H,7-8H2,1-6H3. The molecule has 2 heterocycles. The minimum Gasteiger partial charge on any atom is -0.375 e. The van der Waals surface area contributed by atoms with Crippen molar-refractivity contribution in [2.45, 2.75) is 53.8 Å². The highest BCUT2D eigenvalue weighted by molar-refractivity contribution is 5.00. The average Bonchev–Trinajstić information content (AvgIpc) is 2.54. The first-order valence-corrected chi connectivity index (χ1v) is 6.44. The Balaban J connectivity index is 2.13. The maximum absolute atomic E-state index is 6.03. The summed E-state index contributed by atoms with van der Waals surface area (Å²) in [4.78, 5) is 0. The highest BCUT2D eigenvalue weighted by atomic mass is 16.6. The van der Waals surface area contributed by atoms with E-state index in [2.05, 4.69) is 41.5 Å². The van der Waals surface area contributed by atoms with Crippen LogP contribution in [0.25, 0.3) is 0 Å². The zero-order chi connectivity index (χ0) is 12.1. The number of hydrogen-bond donors (Lipinski definition) is 0. The lowest BCUT2D eigenvalue weighted by molar-refractivity contribution is 0.0228. The van der Waals surface area contributed by atoms with E-state index in [9.17, 15) is 0 Å². The first-order chi connectivity index (χ1) is 7.21. The van der Waals surface area contributed by atoms with Crippen LogP contribution < -0.4 is 0 Å². The predicted molar refractivity (Wildman–Crippen MR) is 65.4 cm³/mol. The largest absolute Gasteiger partial charge is 0.375 e. The van der Waals surface area contributed by atoms with Gasteiger partial charge in [0.15, 0.2) is 0 Å². The predicted octanol–water partition coefficient (Wildman–Crippen LogP) is 3.11. The minimum atomic E-state index is 0.284. The molecule has 2 saturated heterocycles. The van der Waals surface area contributed by atoms with E-state index >= 15 is 0 Å². The lowest BCUT2D eigenvalue weighted by atomic mass is 9.73. The fraction of sp³-hybridized carbons (Fsp3) is 1.00.